The average molecular weight is 490 g/mol. The second-order valence-electron chi connectivity index (χ2n) is 7.87. The molecule has 1 N–H and O–H groups in total. The number of nitrogens with zero attached hydrogens (tertiary/aromatic N) is 2. The van der Waals surface area contributed by atoms with Gasteiger partial charge in [-0.25, -0.2) is 9.80 Å². The molecule has 3 aromatic rings. The van der Waals surface area contributed by atoms with Gasteiger partial charge in [-0.3, -0.25) is 0 Å². The van der Waals surface area contributed by atoms with Crippen LogP contribution in [0.4, 0.5) is 28.0 Å². The monoisotopic (exact) mass is 489 g/mol. The molecule has 0 aliphatic carbocycles. The van der Waals surface area contributed by atoms with E-state index in [0.29, 0.717) is 10.7 Å². The Morgan fingerprint density at radius 3 is 2.44 bits per heavy atom. The molecule has 2 aliphatic rings. The highest BCUT2D eigenvalue weighted by Crippen LogP contribution is 2.53. The zero-order valence-electron chi connectivity index (χ0n) is 17.3. The van der Waals surface area contributed by atoms with E-state index in [-0.39, 0.29) is 18.2 Å². The normalized spacial score (nSPS) is 19.9. The molecule has 0 saturated carbocycles. The molecule has 10 heteroatoms. The van der Waals surface area contributed by atoms with E-state index in [9.17, 15) is 22.4 Å². The Morgan fingerprint density at radius 2 is 1.74 bits per heavy atom. The molecule has 2 amide bonds. The van der Waals surface area contributed by atoms with Crippen molar-refractivity contribution in [3.05, 3.63) is 94.5 Å². The predicted molar refractivity (Wildman–Crippen MR) is 119 cm³/mol. The van der Waals surface area contributed by atoms with Crippen molar-refractivity contribution in [2.45, 2.75) is 17.9 Å². The lowest BCUT2D eigenvalue weighted by Crippen LogP contribution is -2.37. The summed E-state index contributed by atoms with van der Waals surface area (Å²) in [6.45, 7) is 0.181. The first-order valence-electron chi connectivity index (χ1n) is 10.2. The number of hydrogen-bond donors (Lipinski definition) is 1. The Morgan fingerprint density at radius 1 is 1.03 bits per heavy atom. The molecular weight excluding hydrogens is 474 g/mol. The third-order valence-electron chi connectivity index (χ3n) is 5.66. The van der Waals surface area contributed by atoms with Crippen molar-refractivity contribution in [3.8, 4) is 5.75 Å². The maximum atomic E-state index is 14.0. The number of fused-ring (bicyclic) bond motifs is 1. The third-order valence-corrected chi connectivity index (χ3v) is 5.92. The van der Waals surface area contributed by atoms with Gasteiger partial charge in [0.2, 0.25) is 0 Å². The molecule has 0 radical (unpaired) electrons. The molecule has 2 heterocycles. The lowest BCUT2D eigenvalue weighted by molar-refractivity contribution is -0.296. The van der Waals surface area contributed by atoms with Crippen molar-refractivity contribution in [3.63, 3.8) is 0 Å². The molecule has 0 saturated heterocycles. The average Bonchev–Trinajstić information content (AvgIpc) is 3.33. The van der Waals surface area contributed by atoms with E-state index >= 15 is 0 Å². The van der Waals surface area contributed by atoms with Crippen LogP contribution in [-0.4, -0.2) is 29.4 Å². The molecule has 3 aromatic carbocycles. The van der Waals surface area contributed by atoms with Crippen LogP contribution in [0.15, 0.2) is 77.9 Å². The number of alkyl halides is 4. The molecule has 34 heavy (non-hydrogen) atoms. The number of hydrogen-bond acceptors (Lipinski definition) is 3. The first kappa shape index (κ1) is 22.2. The van der Waals surface area contributed by atoms with E-state index in [1.165, 1.54) is 11.1 Å². The Balaban J connectivity index is 1.42. The molecule has 5 nitrogen and oxygen atoms in total. The van der Waals surface area contributed by atoms with Crippen molar-refractivity contribution in [2.75, 3.05) is 11.9 Å². The minimum Gasteiger partial charge on any atom is -0.427 e. The summed E-state index contributed by atoms with van der Waals surface area (Å²) >= 11 is 6.01. The van der Waals surface area contributed by atoms with Crippen LogP contribution in [0.1, 0.15) is 22.6 Å². The van der Waals surface area contributed by atoms with E-state index < -0.39 is 29.4 Å². The fourth-order valence-corrected chi connectivity index (χ4v) is 4.07. The SMILES string of the molecule is O=C(Nc1ccc2c(c1)C(F)(F)C(F)(F)O2)N1CC(c2ccc(Cl)cc2)C(c2ccccc2)=N1. The van der Waals surface area contributed by atoms with Crippen LogP contribution in [0.5, 0.6) is 5.75 Å². The summed E-state index contributed by atoms with van der Waals surface area (Å²) in [4.78, 5) is 12.9. The number of rotatable bonds is 3. The van der Waals surface area contributed by atoms with Gasteiger partial charge < -0.3 is 10.1 Å². The lowest BCUT2D eigenvalue weighted by atomic mass is 9.91. The number of halogens is 5. The van der Waals surface area contributed by atoms with Gasteiger partial charge in [0.1, 0.15) is 5.75 Å². The van der Waals surface area contributed by atoms with Gasteiger partial charge in [0, 0.05) is 16.6 Å². The van der Waals surface area contributed by atoms with Gasteiger partial charge in [-0.15, -0.1) is 0 Å². The van der Waals surface area contributed by atoms with Gasteiger partial charge in [-0.2, -0.15) is 22.7 Å². The van der Waals surface area contributed by atoms with Gasteiger partial charge in [-0.05, 0) is 41.5 Å². The summed E-state index contributed by atoms with van der Waals surface area (Å²) in [5, 5.41) is 8.67. The van der Waals surface area contributed by atoms with E-state index in [4.69, 9.17) is 11.6 Å². The topological polar surface area (TPSA) is 53.9 Å². The van der Waals surface area contributed by atoms with Gasteiger partial charge in [0.15, 0.2) is 0 Å². The minimum absolute atomic E-state index is 0.0869. The lowest BCUT2D eigenvalue weighted by Gasteiger charge is -2.17. The molecule has 0 fully saturated rings. The van der Waals surface area contributed by atoms with Gasteiger partial charge in [-0.1, -0.05) is 54.1 Å². The highest BCUT2D eigenvalue weighted by molar-refractivity contribution is 6.30. The van der Waals surface area contributed by atoms with Crippen molar-refractivity contribution in [1.82, 2.24) is 5.01 Å². The van der Waals surface area contributed by atoms with E-state index in [1.807, 2.05) is 42.5 Å². The Labute approximate surface area is 196 Å². The molecule has 174 valence electrons. The summed E-state index contributed by atoms with van der Waals surface area (Å²) < 4.78 is 59.1. The number of benzene rings is 3. The van der Waals surface area contributed by atoms with Crippen molar-refractivity contribution in [2.24, 2.45) is 5.10 Å². The van der Waals surface area contributed by atoms with E-state index in [0.717, 1.165) is 23.3 Å². The van der Waals surface area contributed by atoms with Crippen molar-refractivity contribution >= 4 is 29.0 Å². The zero-order chi connectivity index (χ0) is 24.1. The maximum absolute atomic E-state index is 14.0. The molecule has 1 atom stereocenters. The second kappa shape index (κ2) is 8.02. The first-order chi connectivity index (χ1) is 16.2. The summed E-state index contributed by atoms with van der Waals surface area (Å²) in [6, 6.07) is 18.7. The third kappa shape index (κ3) is 3.75. The van der Waals surface area contributed by atoms with Crippen LogP contribution in [-0.2, 0) is 5.92 Å². The first-order valence-corrected chi connectivity index (χ1v) is 10.6. The summed E-state index contributed by atoms with van der Waals surface area (Å²) in [5.74, 6) is -5.42. The second-order valence-corrected chi connectivity index (χ2v) is 8.31. The number of nitrogens with one attached hydrogen (secondary N) is 1. The molecule has 0 spiro atoms. The number of urea groups is 1. The summed E-state index contributed by atoms with van der Waals surface area (Å²) in [7, 11) is 0. The predicted octanol–water partition coefficient (Wildman–Crippen LogP) is 6.45. The standard InChI is InChI=1S/C24H16ClF4N3O2/c25-16-8-6-14(7-9-16)18-13-32(31-21(18)15-4-2-1-3-5-15)22(33)30-17-10-11-20-19(12-17)23(26,27)24(28,29)34-20/h1-12,18H,13H2,(H,30,33). The largest absolute Gasteiger partial charge is 0.469 e. The Kier molecular flexibility index (Phi) is 5.24. The zero-order valence-corrected chi connectivity index (χ0v) is 18.1. The van der Waals surface area contributed by atoms with Crippen LogP contribution in [0.2, 0.25) is 5.02 Å². The van der Waals surface area contributed by atoms with Crippen LogP contribution in [0.3, 0.4) is 0 Å². The van der Waals surface area contributed by atoms with Crippen LogP contribution in [0, 0.1) is 0 Å². The fraction of sp³-hybridized carbons (Fsp3) is 0.167. The molecule has 0 aromatic heterocycles. The molecule has 2 aliphatic heterocycles. The van der Waals surface area contributed by atoms with Gasteiger partial charge in [0.25, 0.3) is 0 Å². The van der Waals surface area contributed by atoms with Crippen LogP contribution in [0.25, 0.3) is 0 Å². The highest BCUT2D eigenvalue weighted by atomic mass is 35.5. The van der Waals surface area contributed by atoms with E-state index in [1.54, 1.807) is 12.1 Å². The molecule has 1 unspecified atom stereocenters. The number of carbonyl (C=O) groups excluding carboxylic acids is 1. The molecular formula is C24H16ClF4N3O2. The maximum Gasteiger partial charge on any atom is 0.469 e. The van der Waals surface area contributed by atoms with Crippen LogP contribution < -0.4 is 10.1 Å². The Hall–Kier alpha value is -3.59. The van der Waals surface area contributed by atoms with Crippen molar-refractivity contribution in [1.29, 1.82) is 0 Å². The Bertz CT molecular complexity index is 1280. The fourth-order valence-electron chi connectivity index (χ4n) is 3.94. The van der Waals surface area contributed by atoms with Crippen LogP contribution >= 0.6 is 11.6 Å². The highest BCUT2D eigenvalue weighted by Gasteiger charge is 2.66. The van der Waals surface area contributed by atoms with E-state index in [2.05, 4.69) is 15.2 Å². The molecule has 0 bridgehead atoms. The van der Waals surface area contributed by atoms with Gasteiger partial charge in [0.05, 0.1) is 17.8 Å². The number of amides is 2. The number of anilines is 1. The number of carbonyl (C=O) groups is 1. The minimum atomic E-state index is -4.66. The molecule has 5 rings (SSSR count). The van der Waals surface area contributed by atoms with Gasteiger partial charge >= 0.3 is 18.1 Å². The quantitative estimate of drug-likeness (QED) is 0.430. The number of ether oxygens (including phenoxy) is 1. The summed E-state index contributed by atoms with van der Waals surface area (Å²) in [6.07, 6.45) is -4.66. The smallest absolute Gasteiger partial charge is 0.427 e. The van der Waals surface area contributed by atoms with Crippen molar-refractivity contribution < 1.29 is 27.1 Å². The summed E-state index contributed by atoms with van der Waals surface area (Å²) in [5.41, 5.74) is 1.26. The number of hydrazone groups is 1.